The normalized spacial score (nSPS) is 16.9. The maximum Gasteiger partial charge on any atom is 0.434 e. The van der Waals surface area contributed by atoms with E-state index in [9.17, 15) is 13.2 Å². The van der Waals surface area contributed by atoms with Crippen molar-refractivity contribution in [3.05, 3.63) is 16.1 Å². The van der Waals surface area contributed by atoms with Crippen molar-refractivity contribution in [3.63, 3.8) is 0 Å². The zero-order chi connectivity index (χ0) is 19.0. The Morgan fingerprint density at radius 3 is 2.56 bits per heavy atom. The molecule has 1 aromatic rings. The van der Waals surface area contributed by atoms with Crippen LogP contribution < -0.4 is 10.6 Å². The molecule has 156 valence electrons. The standard InChI is InChI=1S/C17H28F3N5S.HI/c1-3-21-16(22-8-5-13-6-9-25(4-2)10-7-13)23-11-15-24-14(12-26-15)17(18,19)20;/h12-13H,3-11H2,1-2H3,(H2,21,22,23);1H. The quantitative estimate of drug-likeness (QED) is 0.326. The number of hydrogen-bond acceptors (Lipinski definition) is 4. The van der Waals surface area contributed by atoms with E-state index in [0.29, 0.717) is 17.5 Å². The molecule has 0 saturated carbocycles. The first-order valence-electron chi connectivity index (χ1n) is 9.18. The van der Waals surface area contributed by atoms with Crippen molar-refractivity contribution in [1.29, 1.82) is 0 Å². The molecule has 1 saturated heterocycles. The van der Waals surface area contributed by atoms with Gasteiger partial charge in [0.15, 0.2) is 11.7 Å². The molecule has 2 N–H and O–H groups in total. The Kier molecular flexibility index (Phi) is 10.9. The summed E-state index contributed by atoms with van der Waals surface area (Å²) >= 11 is 0.987. The molecule has 2 heterocycles. The number of aliphatic imine (C=N–C) groups is 1. The van der Waals surface area contributed by atoms with Crippen LogP contribution in [-0.4, -0.2) is 48.6 Å². The van der Waals surface area contributed by atoms with Crippen LogP contribution in [0.2, 0.25) is 0 Å². The summed E-state index contributed by atoms with van der Waals surface area (Å²) in [6, 6.07) is 0. The molecule has 27 heavy (non-hydrogen) atoms. The summed E-state index contributed by atoms with van der Waals surface area (Å²) in [5.74, 6) is 1.35. The summed E-state index contributed by atoms with van der Waals surface area (Å²) < 4.78 is 37.8. The van der Waals surface area contributed by atoms with Crippen LogP contribution in [0.15, 0.2) is 10.4 Å². The number of thiazole rings is 1. The number of alkyl halides is 3. The zero-order valence-electron chi connectivity index (χ0n) is 15.8. The van der Waals surface area contributed by atoms with Crippen molar-refractivity contribution in [1.82, 2.24) is 20.5 Å². The third-order valence-corrected chi connectivity index (χ3v) is 5.39. The van der Waals surface area contributed by atoms with Crippen molar-refractivity contribution < 1.29 is 13.2 Å². The largest absolute Gasteiger partial charge is 0.434 e. The molecular formula is C17H29F3IN5S. The molecule has 0 aromatic carbocycles. The van der Waals surface area contributed by atoms with Gasteiger partial charge in [0, 0.05) is 18.5 Å². The number of halogens is 4. The lowest BCUT2D eigenvalue weighted by Crippen LogP contribution is -2.39. The van der Waals surface area contributed by atoms with Gasteiger partial charge in [0.1, 0.15) is 5.01 Å². The summed E-state index contributed by atoms with van der Waals surface area (Å²) in [4.78, 5) is 10.4. The molecule has 0 atom stereocenters. The molecule has 0 radical (unpaired) electrons. The molecule has 5 nitrogen and oxygen atoms in total. The summed E-state index contributed by atoms with van der Waals surface area (Å²) in [5.41, 5.74) is -0.843. The van der Waals surface area contributed by atoms with E-state index >= 15 is 0 Å². The summed E-state index contributed by atoms with van der Waals surface area (Å²) in [6.07, 6.45) is -0.864. The first kappa shape index (κ1) is 24.4. The smallest absolute Gasteiger partial charge is 0.357 e. The van der Waals surface area contributed by atoms with E-state index in [-0.39, 0.29) is 30.5 Å². The number of hydrogen-bond donors (Lipinski definition) is 2. The third kappa shape index (κ3) is 8.51. The Hall–Kier alpha value is -0.620. The number of rotatable bonds is 7. The van der Waals surface area contributed by atoms with Crippen molar-refractivity contribution in [2.24, 2.45) is 10.9 Å². The number of likely N-dealkylation sites (tertiary alicyclic amines) is 1. The highest BCUT2D eigenvalue weighted by molar-refractivity contribution is 14.0. The lowest BCUT2D eigenvalue weighted by Gasteiger charge is -2.31. The Morgan fingerprint density at radius 1 is 1.30 bits per heavy atom. The number of aromatic nitrogens is 1. The second-order valence-electron chi connectivity index (χ2n) is 6.41. The van der Waals surface area contributed by atoms with E-state index in [1.807, 2.05) is 6.92 Å². The predicted molar refractivity (Wildman–Crippen MR) is 115 cm³/mol. The van der Waals surface area contributed by atoms with E-state index in [2.05, 4.69) is 32.4 Å². The zero-order valence-corrected chi connectivity index (χ0v) is 19.0. The van der Waals surface area contributed by atoms with E-state index in [4.69, 9.17) is 0 Å². The van der Waals surface area contributed by atoms with Crippen LogP contribution in [0.3, 0.4) is 0 Å². The van der Waals surface area contributed by atoms with E-state index in [1.165, 1.54) is 25.9 Å². The fourth-order valence-corrected chi connectivity index (χ4v) is 3.71. The SMILES string of the molecule is CCNC(=NCc1nc(C(F)(F)F)cs1)NCCC1CCN(CC)CC1.I. The molecule has 1 aliphatic rings. The summed E-state index contributed by atoms with van der Waals surface area (Å²) in [6.45, 7) is 9.27. The highest BCUT2D eigenvalue weighted by atomic mass is 127. The first-order chi connectivity index (χ1) is 12.4. The Morgan fingerprint density at radius 2 is 2.00 bits per heavy atom. The van der Waals surface area contributed by atoms with Crippen molar-refractivity contribution in [3.8, 4) is 0 Å². The maximum atomic E-state index is 12.6. The summed E-state index contributed by atoms with van der Waals surface area (Å²) in [7, 11) is 0. The van der Waals surface area contributed by atoms with Gasteiger partial charge in [-0.2, -0.15) is 13.2 Å². The van der Waals surface area contributed by atoms with Crippen LogP contribution in [0.4, 0.5) is 13.2 Å². The van der Waals surface area contributed by atoms with Gasteiger partial charge in [-0.1, -0.05) is 6.92 Å². The fourth-order valence-electron chi connectivity index (χ4n) is 2.99. The van der Waals surface area contributed by atoms with Gasteiger partial charge in [0.05, 0.1) is 6.54 Å². The van der Waals surface area contributed by atoms with E-state index in [0.717, 1.165) is 42.1 Å². The van der Waals surface area contributed by atoms with Crippen molar-refractivity contribution in [2.45, 2.75) is 45.8 Å². The Labute approximate surface area is 180 Å². The van der Waals surface area contributed by atoms with Gasteiger partial charge >= 0.3 is 6.18 Å². The lowest BCUT2D eigenvalue weighted by molar-refractivity contribution is -0.140. The molecule has 10 heteroatoms. The number of guanidine groups is 1. The minimum atomic E-state index is -4.39. The highest BCUT2D eigenvalue weighted by Gasteiger charge is 2.33. The predicted octanol–water partition coefficient (Wildman–Crippen LogP) is 3.96. The molecule has 1 aliphatic heterocycles. The molecule has 1 fully saturated rings. The van der Waals surface area contributed by atoms with Crippen molar-refractivity contribution >= 4 is 41.3 Å². The van der Waals surface area contributed by atoms with Gasteiger partial charge in [-0.3, -0.25) is 0 Å². The summed E-state index contributed by atoms with van der Waals surface area (Å²) in [5, 5.41) is 7.81. The van der Waals surface area contributed by atoms with Gasteiger partial charge in [-0.05, 0) is 51.7 Å². The average Bonchev–Trinajstić information content (AvgIpc) is 3.10. The first-order valence-corrected chi connectivity index (χ1v) is 10.1. The van der Waals surface area contributed by atoms with Crippen LogP contribution in [-0.2, 0) is 12.7 Å². The molecule has 2 rings (SSSR count). The molecule has 0 spiro atoms. The fraction of sp³-hybridized carbons (Fsp3) is 0.765. The van der Waals surface area contributed by atoms with Crippen LogP contribution in [0, 0.1) is 5.92 Å². The van der Waals surface area contributed by atoms with Crippen LogP contribution in [0.1, 0.15) is 43.8 Å². The maximum absolute atomic E-state index is 12.6. The number of nitrogens with zero attached hydrogens (tertiary/aromatic N) is 3. The molecule has 0 unspecified atom stereocenters. The second kappa shape index (κ2) is 12.1. The van der Waals surface area contributed by atoms with E-state index < -0.39 is 11.9 Å². The monoisotopic (exact) mass is 519 g/mol. The number of piperidine rings is 1. The average molecular weight is 519 g/mol. The van der Waals surface area contributed by atoms with Crippen LogP contribution in [0.25, 0.3) is 0 Å². The van der Waals surface area contributed by atoms with Gasteiger partial charge in [0.2, 0.25) is 0 Å². The minimum Gasteiger partial charge on any atom is -0.357 e. The Balaban J connectivity index is 0.00000364. The Bertz CT molecular complexity index is 571. The second-order valence-corrected chi connectivity index (χ2v) is 7.36. The number of nitrogens with one attached hydrogen (secondary N) is 2. The van der Waals surface area contributed by atoms with Crippen LogP contribution in [0.5, 0.6) is 0 Å². The topological polar surface area (TPSA) is 52.6 Å². The van der Waals surface area contributed by atoms with E-state index in [1.54, 1.807) is 0 Å². The third-order valence-electron chi connectivity index (χ3n) is 4.56. The lowest BCUT2D eigenvalue weighted by atomic mass is 9.93. The molecule has 0 amide bonds. The van der Waals surface area contributed by atoms with Gasteiger partial charge in [0.25, 0.3) is 0 Å². The minimum absolute atomic E-state index is 0. The van der Waals surface area contributed by atoms with Gasteiger partial charge in [-0.15, -0.1) is 35.3 Å². The van der Waals surface area contributed by atoms with Gasteiger partial charge in [-0.25, -0.2) is 9.98 Å². The highest BCUT2D eigenvalue weighted by Crippen LogP contribution is 2.30. The molecule has 1 aromatic heterocycles. The molecule has 0 bridgehead atoms. The molecular weight excluding hydrogens is 490 g/mol. The van der Waals surface area contributed by atoms with Gasteiger partial charge < -0.3 is 15.5 Å². The molecule has 0 aliphatic carbocycles. The van der Waals surface area contributed by atoms with Crippen LogP contribution >= 0.6 is 35.3 Å². The van der Waals surface area contributed by atoms with Crippen molar-refractivity contribution in [2.75, 3.05) is 32.7 Å².